The van der Waals surface area contributed by atoms with Crippen LogP contribution in [0.25, 0.3) is 0 Å². The van der Waals surface area contributed by atoms with Gasteiger partial charge in [0.1, 0.15) is 17.1 Å². The minimum Gasteiger partial charge on any atom is -0.543 e. The molecule has 0 saturated carbocycles. The van der Waals surface area contributed by atoms with E-state index >= 15 is 0 Å². The molecule has 2 atom stereocenters. The van der Waals surface area contributed by atoms with Crippen LogP contribution >= 0.6 is 34.9 Å². The number of nitriles is 1. The van der Waals surface area contributed by atoms with Gasteiger partial charge >= 0.3 is 29.6 Å². The number of β-lactam (4-membered cyclic amide) rings is 1. The maximum atomic E-state index is 12.6. The zero-order valence-electron chi connectivity index (χ0n) is 16.7. The SMILES string of the molecule is N#CCC/C=C/SC1=C(C(=O)[O-])N2C(=O)C(NC(=O)/C(=N\O)c3csc(N)n3)[C@H]2SC1.[Na+]. The third-order valence-electron chi connectivity index (χ3n) is 4.22. The number of allylic oxidation sites excluding steroid dienone is 1. The fourth-order valence-corrected chi connectivity index (χ4v) is 5.74. The Bertz CT molecular complexity index is 1050. The van der Waals surface area contributed by atoms with Crippen molar-refractivity contribution >= 4 is 63.5 Å². The second-order valence-electron chi connectivity index (χ2n) is 6.13. The number of carboxylic acid groups (broad SMARTS) is 1. The maximum Gasteiger partial charge on any atom is 1.00 e. The van der Waals surface area contributed by atoms with Crippen molar-refractivity contribution in [2.45, 2.75) is 24.3 Å². The largest absolute Gasteiger partial charge is 1.00 e. The van der Waals surface area contributed by atoms with E-state index in [0.29, 0.717) is 23.5 Å². The number of thioether (sulfide) groups is 2. The molecule has 1 unspecified atom stereocenters. The zero-order valence-corrected chi connectivity index (χ0v) is 21.1. The Morgan fingerprint density at radius 2 is 2.31 bits per heavy atom. The summed E-state index contributed by atoms with van der Waals surface area (Å²) in [6.45, 7) is 0. The van der Waals surface area contributed by atoms with Crippen molar-refractivity contribution in [2.24, 2.45) is 5.16 Å². The van der Waals surface area contributed by atoms with E-state index < -0.39 is 34.9 Å². The van der Waals surface area contributed by atoms with Gasteiger partial charge in [0.05, 0.1) is 17.7 Å². The number of aliphatic carboxylic acids is 1. The number of fused-ring (bicyclic) bond motifs is 1. The summed E-state index contributed by atoms with van der Waals surface area (Å²) in [6.07, 6.45) is 2.62. The molecule has 1 saturated heterocycles. The van der Waals surface area contributed by atoms with Crippen molar-refractivity contribution < 1.29 is 54.3 Å². The number of nitrogen functional groups attached to an aromatic ring is 1. The molecule has 0 aliphatic carbocycles. The smallest absolute Gasteiger partial charge is 0.543 e. The standard InChI is InChI=1S/C17H16N6O5S3.Na/c18-4-2-1-3-5-29-9-7-30-15-11(14(25)23(15)12(9)16(26)27)21-13(24)10(22-28)8-6-31-17(19)20-8;/h3,5-6,11,15,28H,1-2,7H2,(H2,19,20)(H,21,24)(H,26,27);/q;+1/p-1/b5-3+,22-10-;/t11?,15-;/m1./s1. The van der Waals surface area contributed by atoms with Crippen LogP contribution in [0.2, 0.25) is 0 Å². The Balaban J connectivity index is 0.00000363. The van der Waals surface area contributed by atoms with Crippen molar-refractivity contribution in [3.63, 3.8) is 0 Å². The summed E-state index contributed by atoms with van der Waals surface area (Å²) in [6, 6.07) is 1.00. The summed E-state index contributed by atoms with van der Waals surface area (Å²) >= 11 is 3.48. The van der Waals surface area contributed by atoms with Crippen LogP contribution in [0.5, 0.6) is 0 Å². The molecule has 2 aliphatic rings. The third-order valence-corrected chi connectivity index (χ3v) is 7.31. The zero-order chi connectivity index (χ0) is 22.5. The van der Waals surface area contributed by atoms with Crippen molar-refractivity contribution in [3.8, 4) is 6.07 Å². The molecule has 0 bridgehead atoms. The van der Waals surface area contributed by atoms with Crippen molar-refractivity contribution in [1.29, 1.82) is 5.26 Å². The van der Waals surface area contributed by atoms with Gasteiger partial charge in [0.2, 0.25) is 0 Å². The molecular formula is C17H15N6NaO5S3. The molecule has 0 aromatic carbocycles. The molecule has 3 heterocycles. The number of nitrogens with one attached hydrogen (secondary N) is 1. The Morgan fingerprint density at radius 1 is 1.56 bits per heavy atom. The predicted octanol–water partition coefficient (Wildman–Crippen LogP) is -3.18. The molecular weight excluding hydrogens is 487 g/mol. The number of carbonyl (C=O) groups is 3. The van der Waals surface area contributed by atoms with E-state index in [2.05, 4.69) is 15.5 Å². The number of oxime groups is 1. The van der Waals surface area contributed by atoms with E-state index in [1.807, 2.05) is 6.07 Å². The monoisotopic (exact) mass is 502 g/mol. The molecule has 11 nitrogen and oxygen atoms in total. The summed E-state index contributed by atoms with van der Waals surface area (Å²) < 4.78 is 0. The number of nitrogens with zero attached hydrogens (tertiary/aromatic N) is 4. The minimum atomic E-state index is -1.49. The first-order valence-electron chi connectivity index (χ1n) is 8.71. The van der Waals surface area contributed by atoms with Gasteiger partial charge in [-0.15, -0.1) is 23.1 Å². The summed E-state index contributed by atoms with van der Waals surface area (Å²) in [7, 11) is 0. The Morgan fingerprint density at radius 3 is 2.91 bits per heavy atom. The van der Waals surface area contributed by atoms with Gasteiger partial charge in [-0.05, 0) is 11.8 Å². The van der Waals surface area contributed by atoms with Crippen LogP contribution in [-0.4, -0.2) is 55.8 Å². The molecule has 2 amide bonds. The maximum absolute atomic E-state index is 12.6. The van der Waals surface area contributed by atoms with Crippen LogP contribution in [-0.2, 0) is 14.4 Å². The number of carboxylic acids is 1. The first-order chi connectivity index (χ1) is 14.9. The molecule has 1 aromatic heterocycles. The quantitative estimate of drug-likeness (QED) is 0.0817. The normalized spacial score (nSPS) is 20.3. The number of unbranched alkanes of at least 4 members (excludes halogenated alkanes) is 1. The molecule has 3 rings (SSSR count). The fourth-order valence-electron chi connectivity index (χ4n) is 2.84. The summed E-state index contributed by atoms with van der Waals surface area (Å²) in [5.74, 6) is -2.66. The fraction of sp³-hybridized carbons (Fsp3) is 0.294. The molecule has 0 radical (unpaired) electrons. The van der Waals surface area contributed by atoms with Gasteiger partial charge in [0.25, 0.3) is 11.8 Å². The van der Waals surface area contributed by atoms with E-state index in [1.165, 1.54) is 17.1 Å². The van der Waals surface area contributed by atoms with Gasteiger partial charge in [-0.25, -0.2) is 4.98 Å². The predicted molar refractivity (Wildman–Crippen MR) is 113 cm³/mol. The summed E-state index contributed by atoms with van der Waals surface area (Å²) in [5, 5.41) is 37.4. The summed E-state index contributed by atoms with van der Waals surface area (Å²) in [4.78, 5) is 42.2. The van der Waals surface area contributed by atoms with Crippen molar-refractivity contribution in [3.05, 3.63) is 33.2 Å². The van der Waals surface area contributed by atoms with E-state index in [-0.39, 0.29) is 46.1 Å². The van der Waals surface area contributed by atoms with Crippen LogP contribution in [0.1, 0.15) is 18.5 Å². The van der Waals surface area contributed by atoms with Crippen LogP contribution in [0, 0.1) is 11.3 Å². The van der Waals surface area contributed by atoms with Crippen LogP contribution < -0.4 is 45.7 Å². The number of thiazole rings is 1. The van der Waals surface area contributed by atoms with Gasteiger partial charge in [0.15, 0.2) is 10.8 Å². The molecule has 1 aromatic rings. The number of rotatable bonds is 8. The molecule has 4 N–H and O–H groups in total. The van der Waals surface area contributed by atoms with Crippen LogP contribution in [0.15, 0.2) is 32.6 Å². The molecule has 15 heteroatoms. The average molecular weight is 503 g/mol. The number of amides is 2. The number of nitrogens with two attached hydrogens (primary N) is 1. The Kier molecular flexibility index (Phi) is 9.62. The van der Waals surface area contributed by atoms with Crippen molar-refractivity contribution in [2.75, 3.05) is 11.5 Å². The number of anilines is 1. The molecule has 2 aliphatic heterocycles. The van der Waals surface area contributed by atoms with Gasteiger partial charge in [-0.2, -0.15) is 5.26 Å². The molecule has 0 spiro atoms. The van der Waals surface area contributed by atoms with Crippen molar-refractivity contribution in [1.82, 2.24) is 15.2 Å². The summed E-state index contributed by atoms with van der Waals surface area (Å²) in [5.41, 5.74) is 4.93. The van der Waals surface area contributed by atoms with Gasteiger partial charge in [0, 0.05) is 22.5 Å². The van der Waals surface area contributed by atoms with Crippen LogP contribution in [0.3, 0.4) is 0 Å². The third kappa shape index (κ3) is 5.48. The number of hydrogen-bond acceptors (Lipinski definition) is 12. The van der Waals surface area contributed by atoms with E-state index in [0.717, 1.165) is 28.0 Å². The average Bonchev–Trinajstić information content (AvgIpc) is 3.17. The number of carbonyl (C=O) groups excluding carboxylic acids is 3. The number of aromatic nitrogens is 1. The van der Waals surface area contributed by atoms with Gasteiger partial charge in [-0.3, -0.25) is 14.5 Å². The van der Waals surface area contributed by atoms with Gasteiger partial charge in [-0.1, -0.05) is 23.0 Å². The Hall–Kier alpha value is -2.02. The van der Waals surface area contributed by atoms with Gasteiger partial charge < -0.3 is 26.2 Å². The van der Waals surface area contributed by atoms with E-state index in [4.69, 9.17) is 11.0 Å². The Labute approximate surface area is 217 Å². The molecule has 32 heavy (non-hydrogen) atoms. The van der Waals surface area contributed by atoms with E-state index in [1.54, 1.807) is 11.5 Å². The first-order valence-corrected chi connectivity index (χ1v) is 11.5. The second-order valence-corrected chi connectivity index (χ2v) is 9.12. The second kappa shape index (κ2) is 11.7. The topological polar surface area (TPSA) is 185 Å². The minimum absolute atomic E-state index is 0. The number of hydrogen-bond donors (Lipinski definition) is 3. The first kappa shape index (κ1) is 26.2. The molecule has 162 valence electrons. The molecule has 1 fully saturated rings. The van der Waals surface area contributed by atoms with E-state index in [9.17, 15) is 24.7 Å². The van der Waals surface area contributed by atoms with Crippen LogP contribution in [0.4, 0.5) is 5.13 Å².